The average Bonchev–Trinajstić information content (AvgIpc) is 2.78. The Morgan fingerprint density at radius 1 is 0.871 bits per heavy atom. The van der Waals surface area contributed by atoms with Crippen LogP contribution < -0.4 is 5.32 Å². The van der Waals surface area contributed by atoms with Crippen LogP contribution >= 0.6 is 0 Å². The normalized spacial score (nSPS) is 12.6. The van der Waals surface area contributed by atoms with Crippen LogP contribution in [0.1, 0.15) is 35.6 Å². The van der Waals surface area contributed by atoms with Crippen LogP contribution in [0.5, 0.6) is 0 Å². The maximum absolute atomic E-state index is 13.5. The summed E-state index contributed by atoms with van der Waals surface area (Å²) in [5.74, 6) is -2.74. The van der Waals surface area contributed by atoms with Gasteiger partial charge in [0.15, 0.2) is 0 Å². The summed E-state index contributed by atoms with van der Waals surface area (Å²) < 4.78 is 13.4. The fraction of sp³-hybridized carbons (Fsp3) is 0.200. The molecule has 3 aromatic rings. The molecule has 6 heteroatoms. The van der Waals surface area contributed by atoms with Crippen LogP contribution in [0.3, 0.4) is 0 Å². The van der Waals surface area contributed by atoms with Crippen LogP contribution in [0, 0.1) is 17.7 Å². The SMILES string of the molecule is CC(C)C(=O)C(C(=O)Nc1ccccc1)C(C(=O)c1ccc(F)cc1)c1bcccc1. The molecule has 3 rings (SSSR count). The summed E-state index contributed by atoms with van der Waals surface area (Å²) in [6.45, 7) is 5.13. The molecule has 0 fully saturated rings. The van der Waals surface area contributed by atoms with Crippen molar-refractivity contribution in [1.29, 1.82) is 0 Å². The standard InChI is InChI=1S/C25H23BFNO3/c1-16(2)23(29)22(25(31)28-19-8-4-3-5-9-19)21(20-10-6-7-15-26-20)24(30)17-11-13-18(27)14-12-17/h3-16,21-22H,1-2H3,(H,28,31). The molecule has 0 spiro atoms. The van der Waals surface area contributed by atoms with E-state index in [9.17, 15) is 18.8 Å². The predicted octanol–water partition coefficient (Wildman–Crippen LogP) is 4.61. The summed E-state index contributed by atoms with van der Waals surface area (Å²) in [5, 5.41) is 2.77. The molecule has 1 amide bonds. The minimum atomic E-state index is -1.24. The van der Waals surface area contributed by atoms with Crippen LogP contribution in [0.25, 0.3) is 0 Å². The van der Waals surface area contributed by atoms with E-state index in [1.807, 2.05) is 6.07 Å². The molecule has 0 aliphatic rings. The van der Waals surface area contributed by atoms with Crippen LogP contribution in [0.4, 0.5) is 10.1 Å². The monoisotopic (exact) mass is 415 g/mol. The number of para-hydroxylation sites is 1. The molecule has 0 saturated heterocycles. The van der Waals surface area contributed by atoms with E-state index >= 15 is 0 Å². The van der Waals surface area contributed by atoms with Gasteiger partial charge in [0, 0.05) is 0 Å². The molecule has 1 aromatic heterocycles. The van der Waals surface area contributed by atoms with Gasteiger partial charge in [-0.3, -0.25) is 0 Å². The number of carbonyl (C=O) groups is 3. The van der Waals surface area contributed by atoms with Gasteiger partial charge in [-0.15, -0.1) is 0 Å². The van der Waals surface area contributed by atoms with Gasteiger partial charge in [-0.25, -0.2) is 0 Å². The minimum absolute atomic E-state index is 0.240. The molecule has 156 valence electrons. The molecule has 0 saturated carbocycles. The number of halogens is 1. The van der Waals surface area contributed by atoms with Crippen molar-refractivity contribution >= 4 is 30.1 Å². The topological polar surface area (TPSA) is 63.2 Å². The first-order chi connectivity index (χ1) is 14.9. The molecular weight excluding hydrogens is 392 g/mol. The Bertz CT molecular complexity index is 1050. The molecule has 4 nitrogen and oxygen atoms in total. The molecule has 2 unspecified atom stereocenters. The summed E-state index contributed by atoms with van der Waals surface area (Å²) in [6.07, 6.45) is 0. The number of Topliss-reactive ketones (excluding diaryl/α,β-unsaturated/α-hetero) is 2. The predicted molar refractivity (Wildman–Crippen MR) is 120 cm³/mol. The Kier molecular flexibility index (Phi) is 7.24. The number of hydrogen-bond acceptors (Lipinski definition) is 3. The fourth-order valence-corrected chi connectivity index (χ4v) is 3.49. The third kappa shape index (κ3) is 5.40. The molecule has 0 bridgehead atoms. The molecule has 1 heterocycles. The van der Waals surface area contributed by atoms with Crippen LogP contribution in [0.15, 0.2) is 78.8 Å². The summed E-state index contributed by atoms with van der Waals surface area (Å²) in [7, 11) is 0. The van der Waals surface area contributed by atoms with Crippen molar-refractivity contribution < 1.29 is 18.8 Å². The number of nitrogens with one attached hydrogen (secondary N) is 1. The van der Waals surface area contributed by atoms with Crippen molar-refractivity contribution in [3.05, 3.63) is 95.6 Å². The van der Waals surface area contributed by atoms with Crippen molar-refractivity contribution in [2.24, 2.45) is 11.8 Å². The molecular formula is C25H23BFNO3. The van der Waals surface area contributed by atoms with Crippen molar-refractivity contribution in [2.75, 3.05) is 5.32 Å². The van der Waals surface area contributed by atoms with Gasteiger partial charge in [-0.1, -0.05) is 0 Å². The van der Waals surface area contributed by atoms with Crippen molar-refractivity contribution in [3.8, 4) is 0 Å². The van der Waals surface area contributed by atoms with Crippen LogP contribution in [-0.4, -0.2) is 24.4 Å². The van der Waals surface area contributed by atoms with Gasteiger partial charge in [0.25, 0.3) is 0 Å². The summed E-state index contributed by atoms with van der Waals surface area (Å²) in [4.78, 5) is 40.1. The fourth-order valence-electron chi connectivity index (χ4n) is 3.49. The van der Waals surface area contributed by atoms with Gasteiger partial charge in [0.05, 0.1) is 0 Å². The molecule has 0 aliphatic carbocycles. The Balaban J connectivity index is 2.08. The van der Waals surface area contributed by atoms with E-state index < -0.39 is 35.3 Å². The summed E-state index contributed by atoms with van der Waals surface area (Å²) in [5.41, 5.74) is 1.33. The molecule has 1 N–H and O–H groups in total. The second-order valence-corrected chi connectivity index (χ2v) is 7.65. The first-order valence-corrected chi connectivity index (χ1v) is 10.1. The summed E-state index contributed by atoms with van der Waals surface area (Å²) >= 11 is 0. The first kappa shape index (κ1) is 22.3. The number of anilines is 1. The first-order valence-electron chi connectivity index (χ1n) is 10.1. The van der Waals surface area contributed by atoms with Gasteiger partial charge in [-0.05, 0) is 0 Å². The molecule has 0 aliphatic heterocycles. The molecule has 2 atom stereocenters. The zero-order chi connectivity index (χ0) is 22.4. The number of ketones is 2. The van der Waals surface area contributed by atoms with Gasteiger partial charge in [-0.2, -0.15) is 0 Å². The van der Waals surface area contributed by atoms with Gasteiger partial charge in [0.2, 0.25) is 0 Å². The van der Waals surface area contributed by atoms with Crippen LogP contribution in [-0.2, 0) is 9.59 Å². The Morgan fingerprint density at radius 2 is 1.52 bits per heavy atom. The van der Waals surface area contributed by atoms with Crippen molar-refractivity contribution in [3.63, 3.8) is 0 Å². The molecule has 31 heavy (non-hydrogen) atoms. The number of carbonyl (C=O) groups excluding carboxylic acids is 3. The average molecular weight is 415 g/mol. The van der Waals surface area contributed by atoms with Gasteiger partial charge >= 0.3 is 181 Å². The number of hydrogen-bond donors (Lipinski definition) is 1. The van der Waals surface area contributed by atoms with E-state index in [2.05, 4.69) is 5.32 Å². The van der Waals surface area contributed by atoms with E-state index in [1.54, 1.807) is 69.2 Å². The second kappa shape index (κ2) is 10.1. The zero-order valence-corrected chi connectivity index (χ0v) is 17.4. The number of amides is 1. The summed E-state index contributed by atoms with van der Waals surface area (Å²) in [6, 6.07) is 19.2. The van der Waals surface area contributed by atoms with Crippen molar-refractivity contribution in [1.82, 2.24) is 0 Å². The second-order valence-electron chi connectivity index (χ2n) is 7.65. The third-order valence-corrected chi connectivity index (χ3v) is 5.10. The Morgan fingerprint density at radius 3 is 2.10 bits per heavy atom. The van der Waals surface area contributed by atoms with E-state index in [-0.39, 0.29) is 11.3 Å². The number of rotatable bonds is 8. The van der Waals surface area contributed by atoms with Crippen LogP contribution in [0.2, 0.25) is 0 Å². The quantitative estimate of drug-likeness (QED) is 0.432. The Labute approximate surface area is 181 Å². The van der Waals surface area contributed by atoms with E-state index in [0.29, 0.717) is 11.1 Å². The van der Waals surface area contributed by atoms with E-state index in [1.165, 1.54) is 24.3 Å². The maximum atomic E-state index is 13.5. The third-order valence-electron chi connectivity index (χ3n) is 5.10. The zero-order valence-electron chi connectivity index (χ0n) is 17.4. The molecule has 2 aromatic carbocycles. The van der Waals surface area contributed by atoms with Crippen molar-refractivity contribution in [2.45, 2.75) is 19.8 Å². The number of benzene rings is 2. The molecule has 0 radical (unpaired) electrons. The van der Waals surface area contributed by atoms with E-state index in [4.69, 9.17) is 0 Å². The van der Waals surface area contributed by atoms with Gasteiger partial charge < -0.3 is 0 Å². The van der Waals surface area contributed by atoms with E-state index in [0.717, 1.165) is 0 Å². The Hall–Kier alpha value is -3.41. The van der Waals surface area contributed by atoms with Gasteiger partial charge in [0.1, 0.15) is 0 Å².